The van der Waals surface area contributed by atoms with Crippen molar-refractivity contribution >= 4 is 11.9 Å². The molecule has 144 valence electrons. The highest BCUT2D eigenvalue weighted by atomic mass is 16.4. The van der Waals surface area contributed by atoms with E-state index in [2.05, 4.69) is 10.3 Å². The first-order valence-electron chi connectivity index (χ1n) is 9.03. The van der Waals surface area contributed by atoms with E-state index in [1.165, 1.54) is 15.5 Å². The number of aromatic nitrogens is 2. The number of H-pyrrole nitrogens is 1. The second-order valence-corrected chi connectivity index (χ2v) is 6.98. The van der Waals surface area contributed by atoms with Crippen molar-refractivity contribution < 1.29 is 9.90 Å². The summed E-state index contributed by atoms with van der Waals surface area (Å²) in [6.07, 6.45) is -0.105. The van der Waals surface area contributed by atoms with Crippen molar-refractivity contribution in [2.45, 2.75) is 44.8 Å². The third-order valence-electron chi connectivity index (χ3n) is 5.10. The third-order valence-corrected chi connectivity index (χ3v) is 5.10. The lowest BCUT2D eigenvalue weighted by atomic mass is 9.98. The van der Waals surface area contributed by atoms with Crippen molar-refractivity contribution in [2.24, 2.45) is 0 Å². The molecule has 8 nitrogen and oxygen atoms in total. The number of carboxylic acid groups (broad SMARTS) is 1. The fraction of sp³-hybridized carbons (Fsp3) is 0.421. The van der Waals surface area contributed by atoms with Gasteiger partial charge in [0, 0.05) is 30.7 Å². The molecule has 1 aromatic carbocycles. The second kappa shape index (κ2) is 7.69. The molecule has 27 heavy (non-hydrogen) atoms. The molecule has 1 amide bonds. The Morgan fingerprint density at radius 2 is 2.00 bits per heavy atom. The van der Waals surface area contributed by atoms with Crippen LogP contribution in [0.5, 0.6) is 0 Å². The van der Waals surface area contributed by atoms with E-state index in [1.807, 2.05) is 37.3 Å². The van der Waals surface area contributed by atoms with Gasteiger partial charge in [-0.05, 0) is 32.3 Å². The number of aromatic amines is 1. The first kappa shape index (κ1) is 18.8. The SMILES string of the molecule is CC(Nc1cc(=O)n(C2CCN(C(=O)O)C(C)C2)c(=O)[nH]1)c1ccccc1. The Morgan fingerprint density at radius 1 is 1.30 bits per heavy atom. The van der Waals surface area contributed by atoms with E-state index >= 15 is 0 Å². The van der Waals surface area contributed by atoms with Gasteiger partial charge in [0.1, 0.15) is 5.82 Å². The molecule has 0 spiro atoms. The van der Waals surface area contributed by atoms with Crippen LogP contribution in [0, 0.1) is 0 Å². The number of rotatable bonds is 4. The largest absolute Gasteiger partial charge is 0.465 e. The molecule has 3 unspecified atom stereocenters. The summed E-state index contributed by atoms with van der Waals surface area (Å²) in [5, 5.41) is 12.3. The van der Waals surface area contributed by atoms with Gasteiger partial charge in [0.15, 0.2) is 0 Å². The lowest BCUT2D eigenvalue weighted by Crippen LogP contribution is -2.48. The minimum atomic E-state index is -0.975. The topological polar surface area (TPSA) is 107 Å². The first-order valence-corrected chi connectivity index (χ1v) is 9.03. The molecule has 1 aliphatic heterocycles. The Bertz CT molecular complexity index is 890. The summed E-state index contributed by atoms with van der Waals surface area (Å²) in [5.74, 6) is 0.369. The number of benzene rings is 1. The smallest absolute Gasteiger partial charge is 0.407 e. The maximum atomic E-state index is 12.6. The normalized spacial score (nSPS) is 20.9. The molecule has 2 aromatic rings. The van der Waals surface area contributed by atoms with Gasteiger partial charge in [-0.2, -0.15) is 0 Å². The van der Waals surface area contributed by atoms with Crippen LogP contribution in [0.25, 0.3) is 0 Å². The van der Waals surface area contributed by atoms with Crippen molar-refractivity contribution in [1.82, 2.24) is 14.5 Å². The Kier molecular flexibility index (Phi) is 5.34. The summed E-state index contributed by atoms with van der Waals surface area (Å²) in [7, 11) is 0. The molecule has 3 atom stereocenters. The van der Waals surface area contributed by atoms with Gasteiger partial charge in [0.2, 0.25) is 0 Å². The van der Waals surface area contributed by atoms with Crippen LogP contribution in [0.2, 0.25) is 0 Å². The number of hydrogen-bond donors (Lipinski definition) is 3. The molecule has 1 aliphatic rings. The molecule has 0 radical (unpaired) electrons. The fourth-order valence-corrected chi connectivity index (χ4v) is 3.65. The number of nitrogens with one attached hydrogen (secondary N) is 2. The highest BCUT2D eigenvalue weighted by Gasteiger charge is 2.30. The Labute approximate surface area is 156 Å². The number of piperidine rings is 1. The zero-order valence-electron chi connectivity index (χ0n) is 15.4. The van der Waals surface area contributed by atoms with Gasteiger partial charge in [-0.3, -0.25) is 14.3 Å². The molecule has 0 saturated carbocycles. The van der Waals surface area contributed by atoms with Crippen LogP contribution in [-0.4, -0.2) is 38.2 Å². The van der Waals surface area contributed by atoms with Crippen molar-refractivity contribution in [2.75, 3.05) is 11.9 Å². The average Bonchev–Trinajstić information content (AvgIpc) is 2.61. The van der Waals surface area contributed by atoms with Crippen LogP contribution in [0.15, 0.2) is 46.0 Å². The predicted octanol–water partition coefficient (Wildman–Crippen LogP) is 2.41. The number of carbonyl (C=O) groups is 1. The van der Waals surface area contributed by atoms with E-state index in [1.54, 1.807) is 6.92 Å². The summed E-state index contributed by atoms with van der Waals surface area (Å²) in [6, 6.07) is 10.5. The van der Waals surface area contributed by atoms with Crippen LogP contribution in [0.3, 0.4) is 0 Å². The van der Waals surface area contributed by atoms with E-state index in [0.717, 1.165) is 5.56 Å². The quantitative estimate of drug-likeness (QED) is 0.764. The number of hydrogen-bond acceptors (Lipinski definition) is 4. The summed E-state index contributed by atoms with van der Waals surface area (Å²) in [5.41, 5.74) is 0.172. The number of amides is 1. The molecule has 3 N–H and O–H groups in total. The second-order valence-electron chi connectivity index (χ2n) is 6.98. The number of anilines is 1. The van der Waals surface area contributed by atoms with E-state index in [-0.39, 0.29) is 23.7 Å². The van der Waals surface area contributed by atoms with Crippen LogP contribution < -0.4 is 16.6 Å². The van der Waals surface area contributed by atoms with Crippen LogP contribution in [-0.2, 0) is 0 Å². The van der Waals surface area contributed by atoms with Crippen molar-refractivity contribution in [3.63, 3.8) is 0 Å². The van der Waals surface area contributed by atoms with Crippen LogP contribution in [0.1, 0.15) is 44.3 Å². The van der Waals surface area contributed by atoms with E-state index in [9.17, 15) is 19.5 Å². The minimum Gasteiger partial charge on any atom is -0.465 e. The molecule has 1 fully saturated rings. The molecule has 3 rings (SSSR count). The molecular formula is C19H24N4O4. The lowest BCUT2D eigenvalue weighted by molar-refractivity contribution is 0.0964. The minimum absolute atomic E-state index is 0.0732. The highest BCUT2D eigenvalue weighted by Crippen LogP contribution is 2.25. The number of nitrogens with zero attached hydrogens (tertiary/aromatic N) is 2. The van der Waals surface area contributed by atoms with E-state index < -0.39 is 11.8 Å². The van der Waals surface area contributed by atoms with Crippen molar-refractivity contribution in [3.05, 3.63) is 62.8 Å². The maximum absolute atomic E-state index is 12.6. The molecule has 2 heterocycles. The highest BCUT2D eigenvalue weighted by molar-refractivity contribution is 5.65. The van der Waals surface area contributed by atoms with Crippen molar-refractivity contribution in [1.29, 1.82) is 0 Å². The molecule has 1 aromatic heterocycles. The van der Waals surface area contributed by atoms with Crippen LogP contribution in [0.4, 0.5) is 10.6 Å². The fourth-order valence-electron chi connectivity index (χ4n) is 3.65. The van der Waals surface area contributed by atoms with Gasteiger partial charge < -0.3 is 15.3 Å². The summed E-state index contributed by atoms with van der Waals surface area (Å²) >= 11 is 0. The van der Waals surface area contributed by atoms with Gasteiger partial charge in [-0.25, -0.2) is 9.59 Å². The zero-order valence-corrected chi connectivity index (χ0v) is 15.4. The standard InChI is InChI=1S/C19H24N4O4/c1-12-10-15(8-9-22(12)19(26)27)23-17(24)11-16(21-18(23)25)20-13(2)14-6-4-3-5-7-14/h3-7,11-13,15,20H,8-10H2,1-2H3,(H,21,25)(H,26,27). The number of likely N-dealkylation sites (tertiary alicyclic amines) is 1. The zero-order chi connectivity index (χ0) is 19.6. The maximum Gasteiger partial charge on any atom is 0.407 e. The van der Waals surface area contributed by atoms with E-state index in [4.69, 9.17) is 0 Å². The van der Waals surface area contributed by atoms with Gasteiger partial charge in [-0.1, -0.05) is 30.3 Å². The van der Waals surface area contributed by atoms with Gasteiger partial charge in [0.25, 0.3) is 5.56 Å². The Balaban J connectivity index is 1.79. The molecule has 8 heteroatoms. The average molecular weight is 372 g/mol. The van der Waals surface area contributed by atoms with Gasteiger partial charge >= 0.3 is 11.8 Å². The Morgan fingerprint density at radius 3 is 2.59 bits per heavy atom. The molecular weight excluding hydrogens is 348 g/mol. The summed E-state index contributed by atoms with van der Waals surface area (Å²) < 4.78 is 1.20. The monoisotopic (exact) mass is 372 g/mol. The summed E-state index contributed by atoms with van der Waals surface area (Å²) in [6.45, 7) is 4.04. The van der Waals surface area contributed by atoms with Crippen LogP contribution >= 0.6 is 0 Å². The van der Waals surface area contributed by atoms with Crippen molar-refractivity contribution in [3.8, 4) is 0 Å². The Hall–Kier alpha value is -3.03. The van der Waals surface area contributed by atoms with E-state index in [0.29, 0.717) is 25.2 Å². The molecule has 0 bridgehead atoms. The summed E-state index contributed by atoms with van der Waals surface area (Å²) in [4.78, 5) is 40.4. The third kappa shape index (κ3) is 4.05. The first-order chi connectivity index (χ1) is 12.9. The predicted molar refractivity (Wildman–Crippen MR) is 102 cm³/mol. The van der Waals surface area contributed by atoms with Gasteiger partial charge in [0.05, 0.1) is 0 Å². The molecule has 0 aliphatic carbocycles. The molecule has 1 saturated heterocycles. The lowest BCUT2D eigenvalue weighted by Gasteiger charge is -2.36. The van der Waals surface area contributed by atoms with Gasteiger partial charge in [-0.15, -0.1) is 0 Å².